The van der Waals surface area contributed by atoms with Gasteiger partial charge in [0.05, 0.1) is 23.1 Å². The van der Waals surface area contributed by atoms with Crippen molar-refractivity contribution in [3.63, 3.8) is 0 Å². The Kier molecular flexibility index (Phi) is 6.60. The van der Waals surface area contributed by atoms with Crippen LogP contribution >= 0.6 is 27.5 Å². The minimum atomic E-state index is -3.66. The standard InChI is InChI=1S/C21H22BrClN2O5S/c1-14-10-15-11-16(22)2-4-19(15)25(14)21(26)13-30-20-5-3-17(12-18(20)23)31(27,28)24-6-8-29-9-7-24/h2-5,11-12,14H,6-10,13H2,1H3. The molecule has 4 rings (SSSR count). The first-order chi connectivity index (χ1) is 14.8. The van der Waals surface area contributed by atoms with Gasteiger partial charge in [0.15, 0.2) is 6.61 Å². The second-order valence-electron chi connectivity index (χ2n) is 7.49. The molecule has 166 valence electrons. The number of ether oxygens (including phenoxy) is 2. The highest BCUT2D eigenvalue weighted by atomic mass is 79.9. The fourth-order valence-corrected chi connectivity index (χ4v) is 6.03. The molecule has 0 aromatic heterocycles. The molecule has 1 saturated heterocycles. The first kappa shape index (κ1) is 22.5. The summed E-state index contributed by atoms with van der Waals surface area (Å²) >= 11 is 9.74. The average Bonchev–Trinajstić information content (AvgIpc) is 3.08. The molecule has 2 aromatic carbocycles. The van der Waals surface area contributed by atoms with Crippen LogP contribution in [-0.4, -0.2) is 57.6 Å². The number of rotatable bonds is 5. The number of benzene rings is 2. The summed E-state index contributed by atoms with van der Waals surface area (Å²) in [4.78, 5) is 14.7. The quantitative estimate of drug-likeness (QED) is 0.593. The highest BCUT2D eigenvalue weighted by Gasteiger charge is 2.31. The van der Waals surface area contributed by atoms with Gasteiger partial charge in [-0.1, -0.05) is 27.5 Å². The summed E-state index contributed by atoms with van der Waals surface area (Å²) in [6, 6.07) is 10.2. The van der Waals surface area contributed by atoms with Crippen LogP contribution in [-0.2, 0) is 26.0 Å². The van der Waals surface area contributed by atoms with Crippen LogP contribution in [0.1, 0.15) is 12.5 Å². The van der Waals surface area contributed by atoms with Crippen LogP contribution in [0.2, 0.25) is 5.02 Å². The summed E-state index contributed by atoms with van der Waals surface area (Å²) in [7, 11) is -3.66. The van der Waals surface area contributed by atoms with Crippen LogP contribution in [0.25, 0.3) is 0 Å². The number of hydrogen-bond acceptors (Lipinski definition) is 5. The Balaban J connectivity index is 1.45. The Morgan fingerprint density at radius 2 is 1.97 bits per heavy atom. The predicted octanol–water partition coefficient (Wildman–Crippen LogP) is 3.48. The van der Waals surface area contributed by atoms with Gasteiger partial charge in [0.2, 0.25) is 10.0 Å². The molecule has 0 radical (unpaired) electrons. The van der Waals surface area contributed by atoms with Gasteiger partial charge in [-0.25, -0.2) is 8.42 Å². The molecule has 2 aliphatic rings. The zero-order valence-corrected chi connectivity index (χ0v) is 20.0. The van der Waals surface area contributed by atoms with Crippen molar-refractivity contribution in [3.8, 4) is 5.75 Å². The molecule has 1 atom stereocenters. The summed E-state index contributed by atoms with van der Waals surface area (Å²) in [5, 5.41) is 0.140. The van der Waals surface area contributed by atoms with Crippen molar-refractivity contribution in [2.75, 3.05) is 37.8 Å². The van der Waals surface area contributed by atoms with E-state index in [1.807, 2.05) is 25.1 Å². The van der Waals surface area contributed by atoms with Crippen LogP contribution < -0.4 is 9.64 Å². The molecule has 1 amide bonds. The number of morpholine rings is 1. The lowest BCUT2D eigenvalue weighted by Gasteiger charge is -2.26. The summed E-state index contributed by atoms with van der Waals surface area (Å²) in [6.07, 6.45) is 0.773. The van der Waals surface area contributed by atoms with E-state index < -0.39 is 10.0 Å². The number of nitrogens with zero attached hydrogens (tertiary/aromatic N) is 2. The zero-order valence-electron chi connectivity index (χ0n) is 16.9. The molecule has 2 aliphatic heterocycles. The number of halogens is 2. The van der Waals surface area contributed by atoms with E-state index in [4.69, 9.17) is 21.1 Å². The van der Waals surface area contributed by atoms with Crippen LogP contribution in [0.15, 0.2) is 45.8 Å². The molecular formula is C21H22BrClN2O5S. The topological polar surface area (TPSA) is 76.2 Å². The van der Waals surface area contributed by atoms with Crippen LogP contribution in [0, 0.1) is 0 Å². The molecule has 2 aromatic rings. The number of anilines is 1. The number of sulfonamides is 1. The number of amides is 1. The van der Waals surface area contributed by atoms with E-state index in [0.717, 1.165) is 22.1 Å². The second kappa shape index (κ2) is 9.07. The first-order valence-corrected chi connectivity index (χ1v) is 12.5. The molecule has 1 unspecified atom stereocenters. The van der Waals surface area contributed by atoms with E-state index in [0.29, 0.717) is 26.3 Å². The van der Waals surface area contributed by atoms with Crippen molar-refractivity contribution in [1.29, 1.82) is 0 Å². The molecule has 1 fully saturated rings. The third-order valence-electron chi connectivity index (χ3n) is 5.39. The monoisotopic (exact) mass is 528 g/mol. The number of carbonyl (C=O) groups excluding carboxylic acids is 1. The molecular weight excluding hydrogens is 508 g/mol. The van der Waals surface area contributed by atoms with E-state index in [1.54, 1.807) is 4.90 Å². The Bertz CT molecular complexity index is 1100. The zero-order chi connectivity index (χ0) is 22.2. The van der Waals surface area contributed by atoms with Gasteiger partial charge in [0.1, 0.15) is 5.75 Å². The maximum atomic E-state index is 12.9. The maximum Gasteiger partial charge on any atom is 0.265 e. The largest absolute Gasteiger partial charge is 0.482 e. The predicted molar refractivity (Wildman–Crippen MR) is 121 cm³/mol. The summed E-state index contributed by atoms with van der Waals surface area (Å²) in [5.74, 6) is 0.0773. The molecule has 10 heteroatoms. The Hall–Kier alpha value is -1.65. The van der Waals surface area contributed by atoms with Crippen LogP contribution in [0.5, 0.6) is 5.75 Å². The molecule has 7 nitrogen and oxygen atoms in total. The third-order valence-corrected chi connectivity index (χ3v) is 8.07. The van der Waals surface area contributed by atoms with Gasteiger partial charge in [-0.2, -0.15) is 4.31 Å². The van der Waals surface area contributed by atoms with Crippen LogP contribution in [0.4, 0.5) is 5.69 Å². The van der Waals surface area contributed by atoms with Gasteiger partial charge in [-0.05, 0) is 55.3 Å². The third kappa shape index (κ3) is 4.61. The fraction of sp³-hybridized carbons (Fsp3) is 0.381. The summed E-state index contributed by atoms with van der Waals surface area (Å²) in [6.45, 7) is 3.13. The second-order valence-corrected chi connectivity index (χ2v) is 10.7. The lowest BCUT2D eigenvalue weighted by Crippen LogP contribution is -2.40. The molecule has 2 heterocycles. The average molecular weight is 530 g/mol. The summed E-state index contributed by atoms with van der Waals surface area (Å²) in [5.41, 5.74) is 1.98. The Morgan fingerprint density at radius 3 is 2.68 bits per heavy atom. The maximum absolute atomic E-state index is 12.9. The van der Waals surface area contributed by atoms with Crippen molar-refractivity contribution in [2.24, 2.45) is 0 Å². The SMILES string of the molecule is CC1Cc2cc(Br)ccc2N1C(=O)COc1ccc(S(=O)(=O)N2CCOCC2)cc1Cl. The normalized spacial score (nSPS) is 19.3. The lowest BCUT2D eigenvalue weighted by molar-refractivity contribution is -0.120. The van der Waals surface area contributed by atoms with Gasteiger partial charge in [0.25, 0.3) is 5.91 Å². The van der Waals surface area contributed by atoms with E-state index >= 15 is 0 Å². The van der Waals surface area contributed by atoms with Gasteiger partial charge < -0.3 is 14.4 Å². The van der Waals surface area contributed by atoms with E-state index in [2.05, 4.69) is 15.9 Å². The smallest absolute Gasteiger partial charge is 0.265 e. The van der Waals surface area contributed by atoms with Crippen LogP contribution in [0.3, 0.4) is 0 Å². The number of carbonyl (C=O) groups is 1. The van der Waals surface area contributed by atoms with E-state index in [1.165, 1.54) is 22.5 Å². The summed E-state index contributed by atoms with van der Waals surface area (Å²) < 4.78 is 38.8. The minimum Gasteiger partial charge on any atom is -0.482 e. The molecule has 0 bridgehead atoms. The molecule has 31 heavy (non-hydrogen) atoms. The van der Waals surface area contributed by atoms with E-state index in [9.17, 15) is 13.2 Å². The van der Waals surface area contributed by atoms with Crippen molar-refractivity contribution >= 4 is 49.1 Å². The molecule has 0 aliphatic carbocycles. The Morgan fingerprint density at radius 1 is 1.23 bits per heavy atom. The minimum absolute atomic E-state index is 0.0249. The van der Waals surface area contributed by atoms with Gasteiger partial charge in [-0.15, -0.1) is 0 Å². The molecule has 0 spiro atoms. The first-order valence-electron chi connectivity index (χ1n) is 9.88. The van der Waals surface area contributed by atoms with Crippen molar-refractivity contribution in [2.45, 2.75) is 24.3 Å². The number of hydrogen-bond donors (Lipinski definition) is 0. The molecule has 0 saturated carbocycles. The number of fused-ring (bicyclic) bond motifs is 1. The fourth-order valence-electron chi connectivity index (χ4n) is 3.88. The van der Waals surface area contributed by atoms with Crippen molar-refractivity contribution in [1.82, 2.24) is 4.31 Å². The van der Waals surface area contributed by atoms with E-state index in [-0.39, 0.29) is 34.2 Å². The lowest BCUT2D eigenvalue weighted by atomic mass is 10.1. The highest BCUT2D eigenvalue weighted by Crippen LogP contribution is 2.35. The van der Waals surface area contributed by atoms with Crippen molar-refractivity contribution < 1.29 is 22.7 Å². The highest BCUT2D eigenvalue weighted by molar-refractivity contribution is 9.10. The van der Waals surface area contributed by atoms with Gasteiger partial charge in [0, 0.05) is 29.3 Å². The van der Waals surface area contributed by atoms with Gasteiger partial charge in [-0.3, -0.25) is 4.79 Å². The van der Waals surface area contributed by atoms with Gasteiger partial charge >= 0.3 is 0 Å². The Labute approximate surface area is 195 Å². The molecule has 0 N–H and O–H groups in total. The van der Waals surface area contributed by atoms with Crippen molar-refractivity contribution in [3.05, 3.63) is 51.5 Å².